The molecule has 0 spiro atoms. The number of rotatable bonds is 5. The van der Waals surface area contributed by atoms with Crippen molar-refractivity contribution >= 4 is 12.6 Å². The predicted molar refractivity (Wildman–Crippen MR) is 86.7 cm³/mol. The monoisotopic (exact) mass is 290 g/mol. The number of ether oxygens (including phenoxy) is 1. The highest BCUT2D eigenvalue weighted by Gasteiger charge is 2.52. The topological polar surface area (TPSA) is 27.7 Å². The largest absolute Gasteiger partial charge is 0.495 e. The highest BCUT2D eigenvalue weighted by molar-refractivity contribution is 6.62. The highest BCUT2D eigenvalue weighted by Crippen LogP contribution is 2.36. The second-order valence-electron chi connectivity index (χ2n) is 7.20. The first kappa shape index (κ1) is 16.5. The van der Waals surface area contributed by atoms with E-state index in [4.69, 9.17) is 14.0 Å². The van der Waals surface area contributed by atoms with E-state index >= 15 is 0 Å². The van der Waals surface area contributed by atoms with E-state index in [1.807, 2.05) is 12.1 Å². The molecule has 2 rings (SSSR count). The van der Waals surface area contributed by atoms with E-state index in [1.165, 1.54) is 0 Å². The van der Waals surface area contributed by atoms with Crippen LogP contribution in [0.5, 0.6) is 0 Å². The molecule has 0 N–H and O–H groups in total. The van der Waals surface area contributed by atoms with Gasteiger partial charge in [0.25, 0.3) is 0 Å². The molecule has 21 heavy (non-hydrogen) atoms. The highest BCUT2D eigenvalue weighted by atomic mass is 16.7. The minimum Gasteiger partial charge on any atom is -0.399 e. The Morgan fingerprint density at radius 1 is 1.05 bits per heavy atom. The lowest BCUT2D eigenvalue weighted by Gasteiger charge is -2.32. The molecule has 0 aliphatic carbocycles. The zero-order valence-corrected chi connectivity index (χ0v) is 14.1. The summed E-state index contributed by atoms with van der Waals surface area (Å²) in [5.74, 6) is 0.536. The molecule has 1 heterocycles. The van der Waals surface area contributed by atoms with Crippen LogP contribution in [0.4, 0.5) is 0 Å². The predicted octanol–water partition coefficient (Wildman–Crippen LogP) is 3.16. The van der Waals surface area contributed by atoms with Gasteiger partial charge in [-0.2, -0.15) is 0 Å². The summed E-state index contributed by atoms with van der Waals surface area (Å²) in [6.45, 7) is 14.0. The van der Waals surface area contributed by atoms with Crippen molar-refractivity contribution in [3.63, 3.8) is 0 Å². The van der Waals surface area contributed by atoms with Crippen LogP contribution in [0.1, 0.15) is 47.1 Å². The van der Waals surface area contributed by atoms with Crippen molar-refractivity contribution in [1.29, 1.82) is 0 Å². The summed E-state index contributed by atoms with van der Waals surface area (Å²) >= 11 is 0. The van der Waals surface area contributed by atoms with Gasteiger partial charge in [0.2, 0.25) is 0 Å². The lowest BCUT2D eigenvalue weighted by Crippen LogP contribution is -2.41. The smallest absolute Gasteiger partial charge is 0.399 e. The Labute approximate surface area is 129 Å². The quantitative estimate of drug-likeness (QED) is 0.780. The zero-order chi connectivity index (χ0) is 15.7. The average molecular weight is 290 g/mol. The van der Waals surface area contributed by atoms with Crippen LogP contribution in [0.3, 0.4) is 0 Å². The minimum atomic E-state index is -0.325. The zero-order valence-electron chi connectivity index (χ0n) is 14.1. The Morgan fingerprint density at radius 2 is 1.62 bits per heavy atom. The molecule has 0 amide bonds. The molecule has 0 saturated carbocycles. The van der Waals surface area contributed by atoms with Crippen LogP contribution in [-0.4, -0.2) is 24.9 Å². The number of hydrogen-bond acceptors (Lipinski definition) is 3. The van der Waals surface area contributed by atoms with Crippen molar-refractivity contribution in [1.82, 2.24) is 0 Å². The summed E-state index contributed by atoms with van der Waals surface area (Å²) in [5, 5.41) is 0. The molecule has 0 bridgehead atoms. The molecule has 1 saturated heterocycles. The van der Waals surface area contributed by atoms with Crippen molar-refractivity contribution in [3.05, 3.63) is 29.8 Å². The fraction of sp³-hybridized carbons (Fsp3) is 0.647. The lowest BCUT2D eigenvalue weighted by atomic mass is 9.76. The molecular weight excluding hydrogens is 263 g/mol. The third kappa shape index (κ3) is 3.68. The molecule has 116 valence electrons. The molecule has 1 aromatic rings. The van der Waals surface area contributed by atoms with Crippen LogP contribution in [0, 0.1) is 5.92 Å². The van der Waals surface area contributed by atoms with Gasteiger partial charge >= 0.3 is 7.12 Å². The minimum absolute atomic E-state index is 0.316. The van der Waals surface area contributed by atoms with E-state index in [9.17, 15) is 0 Å². The second-order valence-corrected chi connectivity index (χ2v) is 7.20. The van der Waals surface area contributed by atoms with Gasteiger partial charge in [0.15, 0.2) is 0 Å². The van der Waals surface area contributed by atoms with Gasteiger partial charge in [-0.1, -0.05) is 38.1 Å². The first-order valence-corrected chi connectivity index (χ1v) is 7.74. The third-order valence-electron chi connectivity index (χ3n) is 4.27. The Morgan fingerprint density at radius 3 is 2.19 bits per heavy atom. The molecule has 1 aliphatic rings. The summed E-state index contributed by atoms with van der Waals surface area (Å²) in [6.07, 6.45) is 0. The van der Waals surface area contributed by atoms with E-state index in [2.05, 4.69) is 53.7 Å². The van der Waals surface area contributed by atoms with E-state index in [0.717, 1.165) is 17.6 Å². The summed E-state index contributed by atoms with van der Waals surface area (Å²) in [4.78, 5) is 0. The fourth-order valence-corrected chi connectivity index (χ4v) is 2.27. The molecule has 0 unspecified atom stereocenters. The maximum absolute atomic E-state index is 6.14. The molecule has 1 aliphatic heterocycles. The molecule has 0 radical (unpaired) electrons. The number of hydrogen-bond donors (Lipinski definition) is 0. The Kier molecular flexibility index (Phi) is 4.81. The van der Waals surface area contributed by atoms with Crippen molar-refractivity contribution in [2.45, 2.75) is 59.4 Å². The standard InChI is InChI=1S/C17H27BO3/c1-13(2)11-19-12-14-9-7-8-10-15(14)18-20-16(3,4)17(5,6)21-18/h7-10,13H,11-12H2,1-6H3. The van der Waals surface area contributed by atoms with E-state index in [0.29, 0.717) is 12.5 Å². The molecule has 0 atom stereocenters. The van der Waals surface area contributed by atoms with E-state index < -0.39 is 0 Å². The van der Waals surface area contributed by atoms with Gasteiger partial charge in [-0.05, 0) is 44.6 Å². The Hall–Kier alpha value is -0.835. The molecular formula is C17H27BO3. The molecule has 0 aromatic heterocycles. The van der Waals surface area contributed by atoms with Crippen LogP contribution >= 0.6 is 0 Å². The van der Waals surface area contributed by atoms with Crippen molar-refractivity contribution in [2.24, 2.45) is 5.92 Å². The molecule has 3 nitrogen and oxygen atoms in total. The van der Waals surface area contributed by atoms with Crippen molar-refractivity contribution in [2.75, 3.05) is 6.61 Å². The molecule has 4 heteroatoms. The Balaban J connectivity index is 2.14. The van der Waals surface area contributed by atoms with Gasteiger partial charge in [-0.3, -0.25) is 0 Å². The summed E-state index contributed by atoms with van der Waals surface area (Å²) < 4.78 is 18.1. The molecule has 1 fully saturated rings. The van der Waals surface area contributed by atoms with Crippen molar-refractivity contribution in [3.8, 4) is 0 Å². The van der Waals surface area contributed by atoms with E-state index in [1.54, 1.807) is 0 Å². The van der Waals surface area contributed by atoms with Crippen molar-refractivity contribution < 1.29 is 14.0 Å². The Bertz CT molecular complexity index is 467. The van der Waals surface area contributed by atoms with Crippen LogP contribution in [0.25, 0.3) is 0 Å². The van der Waals surface area contributed by atoms with Crippen LogP contribution in [0.2, 0.25) is 0 Å². The number of benzene rings is 1. The summed E-state index contributed by atoms with van der Waals surface area (Å²) in [6, 6.07) is 8.20. The lowest BCUT2D eigenvalue weighted by molar-refractivity contribution is 0.00578. The maximum Gasteiger partial charge on any atom is 0.495 e. The van der Waals surface area contributed by atoms with Crippen LogP contribution in [0.15, 0.2) is 24.3 Å². The van der Waals surface area contributed by atoms with Gasteiger partial charge in [-0.25, -0.2) is 0 Å². The van der Waals surface area contributed by atoms with Gasteiger partial charge < -0.3 is 14.0 Å². The third-order valence-corrected chi connectivity index (χ3v) is 4.27. The summed E-state index contributed by atoms with van der Waals surface area (Å²) in [5.41, 5.74) is 1.57. The van der Waals surface area contributed by atoms with Gasteiger partial charge in [-0.15, -0.1) is 0 Å². The fourth-order valence-electron chi connectivity index (χ4n) is 2.27. The SMILES string of the molecule is CC(C)COCc1ccccc1B1OC(C)(C)C(C)(C)O1. The second kappa shape index (κ2) is 6.11. The molecule has 1 aromatic carbocycles. The van der Waals surface area contributed by atoms with Gasteiger partial charge in [0.05, 0.1) is 17.8 Å². The van der Waals surface area contributed by atoms with Crippen LogP contribution < -0.4 is 5.46 Å². The first-order chi connectivity index (χ1) is 9.73. The maximum atomic E-state index is 6.14. The van der Waals surface area contributed by atoms with Gasteiger partial charge in [0.1, 0.15) is 0 Å². The average Bonchev–Trinajstić information content (AvgIpc) is 2.58. The van der Waals surface area contributed by atoms with E-state index in [-0.39, 0.29) is 18.3 Å². The normalized spacial score (nSPS) is 20.2. The summed E-state index contributed by atoms with van der Waals surface area (Å²) in [7, 11) is -0.325. The first-order valence-electron chi connectivity index (χ1n) is 7.74. The van der Waals surface area contributed by atoms with Crippen LogP contribution in [-0.2, 0) is 20.7 Å². The van der Waals surface area contributed by atoms with Gasteiger partial charge in [0, 0.05) is 6.61 Å².